The second-order valence-electron chi connectivity index (χ2n) is 10.6. The predicted molar refractivity (Wildman–Crippen MR) is 153 cm³/mol. The Balaban J connectivity index is 1.37. The molecule has 9 nitrogen and oxygen atoms in total. The Bertz CT molecular complexity index is 1550. The molecule has 12 heteroatoms. The third-order valence-corrected chi connectivity index (χ3v) is 11.7. The van der Waals surface area contributed by atoms with Crippen molar-refractivity contribution in [1.29, 1.82) is 0 Å². The fourth-order valence-electron chi connectivity index (χ4n) is 5.41. The van der Waals surface area contributed by atoms with E-state index < -0.39 is 25.8 Å². The SMILES string of the molecule is CN1CCN(S(=O)(=O)c2ccc([C@@H](CC3CCCC3)C(=O)Nc3nc4ccc(S(C)(=O)=O)cc4s3)cc2)CC1. The molecule has 2 heterocycles. The maximum atomic E-state index is 13.6. The summed E-state index contributed by atoms with van der Waals surface area (Å²) in [4.78, 5) is 20.6. The van der Waals surface area contributed by atoms with Crippen molar-refractivity contribution in [3.05, 3.63) is 48.0 Å². The molecule has 39 heavy (non-hydrogen) atoms. The second kappa shape index (κ2) is 11.2. The number of carbonyl (C=O) groups is 1. The molecule has 0 bridgehead atoms. The molecule has 210 valence electrons. The first-order valence-corrected chi connectivity index (χ1v) is 17.4. The summed E-state index contributed by atoms with van der Waals surface area (Å²) in [6.45, 7) is 2.31. The summed E-state index contributed by atoms with van der Waals surface area (Å²) in [7, 11) is -4.96. The zero-order valence-electron chi connectivity index (χ0n) is 22.2. The molecule has 2 aliphatic rings. The van der Waals surface area contributed by atoms with Crippen LogP contribution in [-0.2, 0) is 24.7 Å². The van der Waals surface area contributed by atoms with Crippen molar-refractivity contribution in [2.45, 2.75) is 47.8 Å². The van der Waals surface area contributed by atoms with E-state index in [-0.39, 0.29) is 15.7 Å². The van der Waals surface area contributed by atoms with Crippen LogP contribution in [0.4, 0.5) is 5.13 Å². The Hall–Kier alpha value is -2.38. The standard InChI is InChI=1S/C27H34N4O5S3/c1-30-13-15-31(16-14-30)39(35,36)21-9-7-20(8-10-21)23(17-19-5-3-4-6-19)26(32)29-27-28-24-12-11-22(38(2,33)34)18-25(24)37-27/h7-12,18-19,23H,3-6,13-17H2,1-2H3,(H,28,29,32)/t23-/m1/s1. The number of nitrogens with zero attached hydrogens (tertiary/aromatic N) is 3. The summed E-state index contributed by atoms with van der Waals surface area (Å²) in [5, 5.41) is 3.36. The van der Waals surface area contributed by atoms with Crippen molar-refractivity contribution in [1.82, 2.24) is 14.2 Å². The Kier molecular flexibility index (Phi) is 8.12. The number of piperazine rings is 1. The van der Waals surface area contributed by atoms with Crippen LogP contribution in [0.15, 0.2) is 52.3 Å². The number of likely N-dealkylation sites (N-methyl/N-ethyl adjacent to an activating group) is 1. The fourth-order valence-corrected chi connectivity index (χ4v) is 8.46. The van der Waals surface area contributed by atoms with Crippen LogP contribution in [0.25, 0.3) is 10.2 Å². The molecule has 3 aromatic rings. The van der Waals surface area contributed by atoms with Gasteiger partial charge in [0.05, 0.1) is 25.9 Å². The molecule has 1 aliphatic heterocycles. The second-order valence-corrected chi connectivity index (χ2v) is 15.6. The van der Waals surface area contributed by atoms with Crippen LogP contribution in [0.1, 0.15) is 43.6 Å². The largest absolute Gasteiger partial charge is 0.304 e. The van der Waals surface area contributed by atoms with E-state index in [9.17, 15) is 21.6 Å². The number of sulfone groups is 1. The summed E-state index contributed by atoms with van der Waals surface area (Å²) in [6, 6.07) is 11.5. The molecule has 5 rings (SSSR count). The molecule has 1 aliphatic carbocycles. The van der Waals surface area contributed by atoms with Crippen molar-refractivity contribution in [2.24, 2.45) is 5.92 Å². The lowest BCUT2D eigenvalue weighted by Crippen LogP contribution is -2.47. The third-order valence-electron chi connectivity index (χ3n) is 7.76. The minimum Gasteiger partial charge on any atom is -0.304 e. The first-order valence-electron chi connectivity index (χ1n) is 13.2. The van der Waals surface area contributed by atoms with Crippen molar-refractivity contribution < 1.29 is 21.6 Å². The Labute approximate surface area is 234 Å². The molecule has 2 aromatic carbocycles. The van der Waals surface area contributed by atoms with Gasteiger partial charge in [0, 0.05) is 32.4 Å². The number of hydrogen-bond acceptors (Lipinski definition) is 8. The highest BCUT2D eigenvalue weighted by Gasteiger charge is 2.30. The highest BCUT2D eigenvalue weighted by Crippen LogP contribution is 2.36. The molecule has 2 fully saturated rings. The fraction of sp³-hybridized carbons (Fsp3) is 0.481. The van der Waals surface area contributed by atoms with Crippen molar-refractivity contribution in [2.75, 3.05) is 44.8 Å². The number of anilines is 1. The van der Waals surface area contributed by atoms with Gasteiger partial charge in [0.1, 0.15) is 0 Å². The van der Waals surface area contributed by atoms with E-state index in [0.29, 0.717) is 53.9 Å². The van der Waals surface area contributed by atoms with Gasteiger partial charge in [0.2, 0.25) is 15.9 Å². The van der Waals surface area contributed by atoms with Gasteiger partial charge in [-0.05, 0) is 55.3 Å². The van der Waals surface area contributed by atoms with E-state index >= 15 is 0 Å². The smallest absolute Gasteiger partial charge is 0.243 e. The number of nitrogens with one attached hydrogen (secondary N) is 1. The van der Waals surface area contributed by atoms with Gasteiger partial charge < -0.3 is 10.2 Å². The van der Waals surface area contributed by atoms with E-state index in [4.69, 9.17) is 0 Å². The quantitative estimate of drug-likeness (QED) is 0.422. The van der Waals surface area contributed by atoms with E-state index in [1.165, 1.54) is 21.7 Å². The number of amides is 1. The van der Waals surface area contributed by atoms with Crippen molar-refractivity contribution in [3.63, 3.8) is 0 Å². The molecule has 1 saturated heterocycles. The number of fused-ring (bicyclic) bond motifs is 1. The summed E-state index contributed by atoms with van der Waals surface area (Å²) >= 11 is 1.24. The van der Waals surface area contributed by atoms with Crippen molar-refractivity contribution in [3.8, 4) is 0 Å². The van der Waals surface area contributed by atoms with Gasteiger partial charge >= 0.3 is 0 Å². The molecule has 1 atom stereocenters. The number of aromatic nitrogens is 1. The molecule has 1 N–H and O–H groups in total. The average molecular weight is 591 g/mol. The van der Waals surface area contributed by atoms with Crippen LogP contribution in [0.3, 0.4) is 0 Å². The van der Waals surface area contributed by atoms with Crippen LogP contribution in [-0.4, -0.2) is 76.4 Å². The van der Waals surface area contributed by atoms with E-state index in [0.717, 1.165) is 37.5 Å². The van der Waals surface area contributed by atoms with Crippen LogP contribution in [0, 0.1) is 5.92 Å². The highest BCUT2D eigenvalue weighted by molar-refractivity contribution is 7.90. The lowest BCUT2D eigenvalue weighted by atomic mass is 9.87. The molecular weight excluding hydrogens is 557 g/mol. The number of sulfonamides is 1. The van der Waals surface area contributed by atoms with Gasteiger partial charge in [-0.25, -0.2) is 21.8 Å². The average Bonchev–Trinajstić information content (AvgIpc) is 3.56. The number of thiazole rings is 1. The van der Waals surface area contributed by atoms with Gasteiger partial charge in [-0.15, -0.1) is 0 Å². The highest BCUT2D eigenvalue weighted by atomic mass is 32.2. The van der Waals surface area contributed by atoms with Gasteiger partial charge in [-0.3, -0.25) is 4.79 Å². The molecule has 0 unspecified atom stereocenters. The molecule has 1 aromatic heterocycles. The first kappa shape index (κ1) is 28.2. The normalized spacial score (nSPS) is 18.9. The third kappa shape index (κ3) is 6.35. The van der Waals surface area contributed by atoms with Gasteiger partial charge in [-0.2, -0.15) is 4.31 Å². The Morgan fingerprint density at radius 3 is 2.28 bits per heavy atom. The molecule has 0 spiro atoms. The Morgan fingerprint density at radius 2 is 1.64 bits per heavy atom. The summed E-state index contributed by atoms with van der Waals surface area (Å²) in [6.07, 6.45) is 6.31. The van der Waals surface area contributed by atoms with Crippen LogP contribution in [0.2, 0.25) is 0 Å². The van der Waals surface area contributed by atoms with Gasteiger partial charge in [0.25, 0.3) is 0 Å². The minimum atomic E-state index is -3.59. The number of benzene rings is 2. The lowest BCUT2D eigenvalue weighted by molar-refractivity contribution is -0.118. The number of hydrogen-bond donors (Lipinski definition) is 1. The van der Waals surface area contributed by atoms with E-state index in [1.807, 2.05) is 7.05 Å². The maximum absolute atomic E-state index is 13.6. The van der Waals surface area contributed by atoms with E-state index in [2.05, 4.69) is 15.2 Å². The zero-order chi connectivity index (χ0) is 27.8. The molecule has 1 saturated carbocycles. The van der Waals surface area contributed by atoms with Crippen LogP contribution in [0.5, 0.6) is 0 Å². The minimum absolute atomic E-state index is 0.195. The topological polar surface area (TPSA) is 117 Å². The van der Waals surface area contributed by atoms with E-state index in [1.54, 1.807) is 36.4 Å². The summed E-state index contributed by atoms with van der Waals surface area (Å²) in [5.41, 5.74) is 1.39. The molecular formula is C27H34N4O5S3. The predicted octanol–water partition coefficient (Wildman–Crippen LogP) is 3.94. The number of rotatable bonds is 8. The number of carbonyl (C=O) groups excluding carboxylic acids is 1. The van der Waals surface area contributed by atoms with Crippen LogP contribution < -0.4 is 5.32 Å². The Morgan fingerprint density at radius 1 is 1.00 bits per heavy atom. The monoisotopic (exact) mass is 590 g/mol. The lowest BCUT2D eigenvalue weighted by Gasteiger charge is -2.31. The van der Waals surface area contributed by atoms with Crippen LogP contribution >= 0.6 is 11.3 Å². The summed E-state index contributed by atoms with van der Waals surface area (Å²) in [5.74, 6) is -0.215. The van der Waals surface area contributed by atoms with Crippen molar-refractivity contribution >= 4 is 52.5 Å². The van der Waals surface area contributed by atoms with Gasteiger partial charge in [0.15, 0.2) is 15.0 Å². The molecule has 1 amide bonds. The zero-order valence-corrected chi connectivity index (χ0v) is 24.6. The summed E-state index contributed by atoms with van der Waals surface area (Å²) < 4.78 is 52.4. The maximum Gasteiger partial charge on any atom is 0.243 e. The van der Waals surface area contributed by atoms with Gasteiger partial charge in [-0.1, -0.05) is 49.2 Å². The first-order chi connectivity index (χ1) is 18.5. The molecule has 0 radical (unpaired) electrons.